The van der Waals surface area contributed by atoms with E-state index in [4.69, 9.17) is 10.8 Å². The van der Waals surface area contributed by atoms with Gasteiger partial charge in [-0.3, -0.25) is 14.3 Å². The number of aliphatic hydroxyl groups is 1. The van der Waals surface area contributed by atoms with Gasteiger partial charge in [0.1, 0.15) is 11.5 Å². The number of hydrogen-bond acceptors (Lipinski definition) is 5. The van der Waals surface area contributed by atoms with Crippen LogP contribution in [0.5, 0.6) is 0 Å². The summed E-state index contributed by atoms with van der Waals surface area (Å²) >= 11 is 0. The zero-order chi connectivity index (χ0) is 15.5. The van der Waals surface area contributed by atoms with E-state index in [2.05, 4.69) is 10.3 Å². The maximum atomic E-state index is 11.9. The molecule has 1 heterocycles. The zero-order valence-corrected chi connectivity index (χ0v) is 12.4. The van der Waals surface area contributed by atoms with Gasteiger partial charge in [0.2, 0.25) is 0 Å². The van der Waals surface area contributed by atoms with Gasteiger partial charge in [-0.2, -0.15) is 0 Å². The first-order valence-corrected chi connectivity index (χ1v) is 7.50. The van der Waals surface area contributed by atoms with Crippen molar-refractivity contribution in [3.63, 3.8) is 0 Å². The minimum absolute atomic E-state index is 0.0675. The number of nitrogens with one attached hydrogen (secondary N) is 2. The second-order valence-electron chi connectivity index (χ2n) is 5.85. The second-order valence-corrected chi connectivity index (χ2v) is 5.85. The van der Waals surface area contributed by atoms with E-state index < -0.39 is 11.2 Å². The number of hydrogen-bond donors (Lipinski definition) is 4. The molecular weight excluding hydrogens is 272 g/mol. The van der Waals surface area contributed by atoms with Crippen molar-refractivity contribution < 1.29 is 5.11 Å². The summed E-state index contributed by atoms with van der Waals surface area (Å²) in [6.07, 6.45) is 4.55. The van der Waals surface area contributed by atoms with E-state index in [9.17, 15) is 9.59 Å². The molecule has 1 fully saturated rings. The van der Waals surface area contributed by atoms with Crippen LogP contribution in [0.25, 0.3) is 0 Å². The van der Waals surface area contributed by atoms with Gasteiger partial charge in [0.15, 0.2) is 0 Å². The number of aromatic amines is 1. The summed E-state index contributed by atoms with van der Waals surface area (Å²) in [6, 6.07) is 0. The van der Waals surface area contributed by atoms with Crippen LogP contribution in [0, 0.1) is 5.41 Å². The Balaban J connectivity index is 2.19. The predicted molar refractivity (Wildman–Crippen MR) is 82.5 cm³/mol. The first-order chi connectivity index (χ1) is 10.0. The lowest BCUT2D eigenvalue weighted by molar-refractivity contribution is 0.253. The molecule has 0 aliphatic heterocycles. The standard InChI is InChI=1S/C14H24N4O3/c1-2-3-7-18-11(15)10(12(20)17-13(18)21)16-9-14(4-5-14)6-8-19/h16,19H,2-9,15H2,1H3,(H,17,20,21). The molecule has 0 amide bonds. The molecule has 21 heavy (non-hydrogen) atoms. The Morgan fingerprint density at radius 3 is 2.71 bits per heavy atom. The van der Waals surface area contributed by atoms with Gasteiger partial charge >= 0.3 is 5.69 Å². The fourth-order valence-electron chi connectivity index (χ4n) is 2.50. The van der Waals surface area contributed by atoms with Gasteiger partial charge < -0.3 is 16.2 Å². The lowest BCUT2D eigenvalue weighted by Gasteiger charge is -2.17. The maximum absolute atomic E-state index is 11.9. The molecule has 1 aromatic rings. The van der Waals surface area contributed by atoms with Crippen LogP contribution in [-0.2, 0) is 6.54 Å². The Bertz CT molecular complexity index is 601. The molecule has 0 bridgehead atoms. The first-order valence-electron chi connectivity index (χ1n) is 7.50. The Labute approximate surface area is 123 Å². The third-order valence-electron chi connectivity index (χ3n) is 4.21. The van der Waals surface area contributed by atoms with Crippen molar-refractivity contribution in [3.8, 4) is 0 Å². The van der Waals surface area contributed by atoms with Crippen molar-refractivity contribution in [2.45, 2.75) is 45.6 Å². The van der Waals surface area contributed by atoms with Crippen LogP contribution >= 0.6 is 0 Å². The largest absolute Gasteiger partial charge is 0.396 e. The first kappa shape index (κ1) is 15.6. The summed E-state index contributed by atoms with van der Waals surface area (Å²) in [6.45, 7) is 3.25. The highest BCUT2D eigenvalue weighted by Crippen LogP contribution is 2.48. The average Bonchev–Trinajstić information content (AvgIpc) is 3.18. The molecule has 0 spiro atoms. The average molecular weight is 296 g/mol. The molecule has 0 saturated heterocycles. The molecular formula is C14H24N4O3. The van der Waals surface area contributed by atoms with Crippen molar-refractivity contribution in [2.75, 3.05) is 24.2 Å². The minimum atomic E-state index is -0.481. The smallest absolute Gasteiger partial charge is 0.330 e. The Kier molecular flexibility index (Phi) is 4.72. The van der Waals surface area contributed by atoms with Gasteiger partial charge in [-0.15, -0.1) is 0 Å². The third-order valence-corrected chi connectivity index (χ3v) is 4.21. The molecule has 1 aromatic heterocycles. The summed E-state index contributed by atoms with van der Waals surface area (Å²) < 4.78 is 1.40. The van der Waals surface area contributed by atoms with E-state index in [0.29, 0.717) is 19.5 Å². The van der Waals surface area contributed by atoms with Crippen LogP contribution in [0.2, 0.25) is 0 Å². The van der Waals surface area contributed by atoms with Crippen LogP contribution in [0.3, 0.4) is 0 Å². The number of nitrogen functional groups attached to an aromatic ring is 1. The maximum Gasteiger partial charge on any atom is 0.330 e. The monoisotopic (exact) mass is 296 g/mol. The topological polar surface area (TPSA) is 113 Å². The number of aliphatic hydroxyl groups excluding tert-OH is 1. The number of nitrogens with zero attached hydrogens (tertiary/aromatic N) is 1. The van der Waals surface area contributed by atoms with Crippen molar-refractivity contribution in [2.24, 2.45) is 5.41 Å². The van der Waals surface area contributed by atoms with E-state index in [0.717, 1.165) is 25.7 Å². The number of anilines is 2. The molecule has 1 aliphatic carbocycles. The van der Waals surface area contributed by atoms with Crippen molar-refractivity contribution >= 4 is 11.5 Å². The van der Waals surface area contributed by atoms with E-state index in [1.165, 1.54) is 4.57 Å². The number of rotatable bonds is 8. The van der Waals surface area contributed by atoms with Crippen molar-refractivity contribution in [3.05, 3.63) is 20.8 Å². The van der Waals surface area contributed by atoms with Gasteiger partial charge in [-0.25, -0.2) is 4.79 Å². The highest BCUT2D eigenvalue weighted by atomic mass is 16.3. The second kappa shape index (κ2) is 6.34. The number of aromatic nitrogens is 2. The van der Waals surface area contributed by atoms with Gasteiger partial charge in [0.25, 0.3) is 5.56 Å². The van der Waals surface area contributed by atoms with Crippen LogP contribution in [0.1, 0.15) is 39.0 Å². The predicted octanol–water partition coefficient (Wildman–Crippen LogP) is 0.493. The fourth-order valence-corrected chi connectivity index (χ4v) is 2.50. The summed E-state index contributed by atoms with van der Waals surface area (Å²) in [4.78, 5) is 26.0. The molecule has 5 N–H and O–H groups in total. The fraction of sp³-hybridized carbons (Fsp3) is 0.714. The normalized spacial score (nSPS) is 15.9. The Morgan fingerprint density at radius 2 is 2.14 bits per heavy atom. The van der Waals surface area contributed by atoms with Crippen LogP contribution in [-0.4, -0.2) is 27.8 Å². The molecule has 7 heteroatoms. The van der Waals surface area contributed by atoms with E-state index >= 15 is 0 Å². The third kappa shape index (κ3) is 3.47. The molecule has 1 saturated carbocycles. The summed E-state index contributed by atoms with van der Waals surface area (Å²) in [5.74, 6) is 0.192. The van der Waals surface area contributed by atoms with Crippen LogP contribution in [0.15, 0.2) is 9.59 Å². The van der Waals surface area contributed by atoms with E-state index in [-0.39, 0.29) is 23.5 Å². The van der Waals surface area contributed by atoms with E-state index in [1.54, 1.807) is 0 Å². The van der Waals surface area contributed by atoms with Crippen molar-refractivity contribution in [1.29, 1.82) is 0 Å². The summed E-state index contributed by atoms with van der Waals surface area (Å²) in [5.41, 5.74) is 5.36. The van der Waals surface area contributed by atoms with Crippen molar-refractivity contribution in [1.82, 2.24) is 9.55 Å². The molecule has 1 aliphatic rings. The highest BCUT2D eigenvalue weighted by Gasteiger charge is 2.41. The zero-order valence-electron chi connectivity index (χ0n) is 12.4. The molecule has 0 unspecified atom stereocenters. The van der Waals surface area contributed by atoms with Gasteiger partial charge in [-0.1, -0.05) is 13.3 Å². The van der Waals surface area contributed by atoms with Gasteiger partial charge in [0, 0.05) is 19.7 Å². The summed E-state index contributed by atoms with van der Waals surface area (Å²) in [5, 5.41) is 12.1. The SMILES string of the molecule is CCCCn1c(N)c(NCC2(CCO)CC2)c(=O)[nH]c1=O. The summed E-state index contributed by atoms with van der Waals surface area (Å²) in [7, 11) is 0. The highest BCUT2D eigenvalue weighted by molar-refractivity contribution is 5.60. The molecule has 7 nitrogen and oxygen atoms in total. The molecule has 0 atom stereocenters. The molecule has 118 valence electrons. The lowest BCUT2D eigenvalue weighted by atomic mass is 10.0. The lowest BCUT2D eigenvalue weighted by Crippen LogP contribution is -2.35. The van der Waals surface area contributed by atoms with E-state index in [1.807, 2.05) is 6.92 Å². The van der Waals surface area contributed by atoms with Gasteiger partial charge in [0.05, 0.1) is 0 Å². The molecule has 0 aromatic carbocycles. The quantitative estimate of drug-likeness (QED) is 0.558. The number of unbranched alkanes of at least 4 members (excludes halogenated alkanes) is 1. The number of nitrogens with two attached hydrogens (primary N) is 1. The Morgan fingerprint density at radius 1 is 1.43 bits per heavy atom. The molecule has 0 radical (unpaired) electrons. The molecule has 2 rings (SSSR count). The van der Waals surface area contributed by atoms with Crippen LogP contribution in [0.4, 0.5) is 11.5 Å². The van der Waals surface area contributed by atoms with Crippen LogP contribution < -0.4 is 22.3 Å². The Hall–Kier alpha value is -1.76. The van der Waals surface area contributed by atoms with Gasteiger partial charge in [-0.05, 0) is 31.1 Å². The minimum Gasteiger partial charge on any atom is -0.396 e. The number of H-pyrrole nitrogens is 1.